The summed E-state index contributed by atoms with van der Waals surface area (Å²) in [6.07, 6.45) is 1.54. The van der Waals surface area contributed by atoms with Gasteiger partial charge in [-0.2, -0.15) is 5.26 Å². The Morgan fingerprint density at radius 2 is 2.33 bits per heavy atom. The van der Waals surface area contributed by atoms with Crippen LogP contribution in [0.1, 0.15) is 21.7 Å². The summed E-state index contributed by atoms with van der Waals surface area (Å²) in [7, 11) is 1.32. The van der Waals surface area contributed by atoms with Crippen molar-refractivity contribution in [3.05, 3.63) is 41.3 Å². The van der Waals surface area contributed by atoms with Crippen LogP contribution < -0.4 is 0 Å². The SMILES string of the molecule is COC(=O)c1cc(C)[nH]c1-c1cccnc1C#N. The van der Waals surface area contributed by atoms with E-state index in [1.807, 2.05) is 13.0 Å². The van der Waals surface area contributed by atoms with E-state index in [4.69, 9.17) is 10.00 Å². The molecular formula is C13H11N3O2. The van der Waals surface area contributed by atoms with Crippen molar-refractivity contribution in [1.29, 1.82) is 5.26 Å². The van der Waals surface area contributed by atoms with E-state index >= 15 is 0 Å². The van der Waals surface area contributed by atoms with E-state index in [0.717, 1.165) is 5.69 Å². The van der Waals surface area contributed by atoms with Crippen LogP contribution in [0.2, 0.25) is 0 Å². The number of hydrogen-bond donors (Lipinski definition) is 1. The number of carbonyl (C=O) groups excluding carboxylic acids is 1. The first-order valence-electron chi connectivity index (χ1n) is 5.30. The predicted molar refractivity (Wildman–Crippen MR) is 64.8 cm³/mol. The van der Waals surface area contributed by atoms with E-state index in [0.29, 0.717) is 16.8 Å². The number of esters is 1. The lowest BCUT2D eigenvalue weighted by Gasteiger charge is -2.03. The van der Waals surface area contributed by atoms with Gasteiger partial charge < -0.3 is 9.72 Å². The number of pyridine rings is 1. The highest BCUT2D eigenvalue weighted by molar-refractivity contribution is 5.97. The van der Waals surface area contributed by atoms with Crippen molar-refractivity contribution in [3.8, 4) is 17.3 Å². The average Bonchev–Trinajstić information content (AvgIpc) is 2.79. The van der Waals surface area contributed by atoms with Gasteiger partial charge >= 0.3 is 5.97 Å². The molecule has 0 saturated heterocycles. The lowest BCUT2D eigenvalue weighted by molar-refractivity contribution is 0.0602. The summed E-state index contributed by atoms with van der Waals surface area (Å²) in [6, 6.07) is 7.15. The maximum absolute atomic E-state index is 11.7. The number of H-pyrrole nitrogens is 1. The first-order valence-corrected chi connectivity index (χ1v) is 5.30. The number of carbonyl (C=O) groups is 1. The highest BCUT2D eigenvalue weighted by Crippen LogP contribution is 2.26. The van der Waals surface area contributed by atoms with Crippen molar-refractivity contribution in [3.63, 3.8) is 0 Å². The summed E-state index contributed by atoms with van der Waals surface area (Å²) < 4.78 is 4.72. The van der Waals surface area contributed by atoms with Crippen molar-refractivity contribution in [1.82, 2.24) is 9.97 Å². The van der Waals surface area contributed by atoms with Crippen LogP contribution in [-0.2, 0) is 4.74 Å². The van der Waals surface area contributed by atoms with E-state index in [1.165, 1.54) is 13.3 Å². The molecule has 0 aromatic carbocycles. The van der Waals surface area contributed by atoms with Crippen LogP contribution in [0.3, 0.4) is 0 Å². The molecule has 2 rings (SSSR count). The third kappa shape index (κ3) is 1.96. The number of ether oxygens (including phenoxy) is 1. The number of methoxy groups -OCH3 is 1. The number of nitriles is 1. The smallest absolute Gasteiger partial charge is 0.340 e. The Bertz CT molecular complexity index is 638. The van der Waals surface area contributed by atoms with Gasteiger partial charge in [-0.15, -0.1) is 0 Å². The summed E-state index contributed by atoms with van der Waals surface area (Å²) in [5.74, 6) is -0.443. The normalized spacial score (nSPS) is 9.83. The van der Waals surface area contributed by atoms with Crippen LogP contribution in [0.25, 0.3) is 11.3 Å². The highest BCUT2D eigenvalue weighted by Gasteiger charge is 2.18. The van der Waals surface area contributed by atoms with E-state index < -0.39 is 5.97 Å². The van der Waals surface area contributed by atoms with E-state index in [9.17, 15) is 4.79 Å². The largest absolute Gasteiger partial charge is 0.465 e. The number of hydrogen-bond acceptors (Lipinski definition) is 4. The molecule has 0 fully saturated rings. The van der Waals surface area contributed by atoms with E-state index in [1.54, 1.807) is 18.2 Å². The molecule has 90 valence electrons. The summed E-state index contributed by atoms with van der Waals surface area (Å²) in [6.45, 7) is 1.83. The van der Waals surface area contributed by atoms with Gasteiger partial charge in [0, 0.05) is 17.5 Å². The van der Waals surface area contributed by atoms with Crippen molar-refractivity contribution < 1.29 is 9.53 Å². The topological polar surface area (TPSA) is 78.8 Å². The molecule has 0 radical (unpaired) electrons. The molecule has 0 saturated carbocycles. The molecule has 5 nitrogen and oxygen atoms in total. The minimum absolute atomic E-state index is 0.268. The zero-order valence-corrected chi connectivity index (χ0v) is 10.0. The zero-order valence-electron chi connectivity index (χ0n) is 10.0. The van der Waals surface area contributed by atoms with Gasteiger partial charge in [0.05, 0.1) is 18.4 Å². The fraction of sp³-hybridized carbons (Fsp3) is 0.154. The Kier molecular flexibility index (Phi) is 3.11. The molecule has 5 heteroatoms. The van der Waals surface area contributed by atoms with Gasteiger partial charge in [-0.1, -0.05) is 0 Å². The maximum atomic E-state index is 11.7. The quantitative estimate of drug-likeness (QED) is 0.816. The van der Waals surface area contributed by atoms with Crippen molar-refractivity contribution in [2.45, 2.75) is 6.92 Å². The molecule has 0 atom stereocenters. The van der Waals surface area contributed by atoms with Gasteiger partial charge in [-0.25, -0.2) is 9.78 Å². The van der Waals surface area contributed by atoms with Crippen LogP contribution in [0.4, 0.5) is 0 Å². The first kappa shape index (κ1) is 11.9. The monoisotopic (exact) mass is 241 g/mol. The second-order valence-corrected chi connectivity index (χ2v) is 3.74. The second kappa shape index (κ2) is 4.72. The van der Waals surface area contributed by atoms with Gasteiger partial charge in [0.15, 0.2) is 0 Å². The Hall–Kier alpha value is -2.61. The van der Waals surface area contributed by atoms with E-state index in [-0.39, 0.29) is 5.69 Å². The predicted octanol–water partition coefficient (Wildman–Crippen LogP) is 2.04. The van der Waals surface area contributed by atoms with Crippen LogP contribution in [0.5, 0.6) is 0 Å². The number of nitrogens with one attached hydrogen (secondary N) is 1. The van der Waals surface area contributed by atoms with Crippen molar-refractivity contribution in [2.75, 3.05) is 7.11 Å². The summed E-state index contributed by atoms with van der Waals surface area (Å²) in [4.78, 5) is 18.7. The van der Waals surface area contributed by atoms with Crippen LogP contribution >= 0.6 is 0 Å². The maximum Gasteiger partial charge on any atom is 0.340 e. The summed E-state index contributed by atoms with van der Waals surface area (Å²) in [5, 5.41) is 9.03. The van der Waals surface area contributed by atoms with Gasteiger partial charge in [0.25, 0.3) is 0 Å². The van der Waals surface area contributed by atoms with Gasteiger partial charge in [0.2, 0.25) is 0 Å². The molecule has 0 aliphatic heterocycles. The molecule has 0 aliphatic carbocycles. The third-order valence-electron chi connectivity index (χ3n) is 2.54. The highest BCUT2D eigenvalue weighted by atomic mass is 16.5. The fourth-order valence-corrected chi connectivity index (χ4v) is 1.77. The molecule has 0 bridgehead atoms. The minimum atomic E-state index is -0.443. The van der Waals surface area contributed by atoms with Gasteiger partial charge in [0.1, 0.15) is 11.8 Å². The lowest BCUT2D eigenvalue weighted by Crippen LogP contribution is -2.02. The number of rotatable bonds is 2. The number of aromatic amines is 1. The summed E-state index contributed by atoms with van der Waals surface area (Å²) >= 11 is 0. The van der Waals surface area contributed by atoms with Crippen molar-refractivity contribution >= 4 is 5.97 Å². The summed E-state index contributed by atoms with van der Waals surface area (Å²) in [5.41, 5.74) is 2.64. The molecule has 2 heterocycles. The number of aromatic nitrogens is 2. The molecule has 1 N–H and O–H groups in total. The lowest BCUT2D eigenvalue weighted by atomic mass is 10.1. The second-order valence-electron chi connectivity index (χ2n) is 3.74. The standard InChI is InChI=1S/C13H11N3O2/c1-8-6-10(13(17)18-2)12(16-8)9-4-3-5-15-11(9)7-14/h3-6,16H,1-2H3. The molecule has 0 amide bonds. The Labute approximate surface area is 104 Å². The van der Waals surface area contributed by atoms with Crippen molar-refractivity contribution in [2.24, 2.45) is 0 Å². The zero-order chi connectivity index (χ0) is 13.1. The Morgan fingerprint density at radius 1 is 1.56 bits per heavy atom. The number of aryl methyl sites for hydroxylation is 1. The third-order valence-corrected chi connectivity index (χ3v) is 2.54. The molecule has 2 aromatic heterocycles. The minimum Gasteiger partial charge on any atom is -0.465 e. The van der Waals surface area contributed by atoms with Gasteiger partial charge in [-0.05, 0) is 25.1 Å². The Balaban J connectivity index is 2.64. The van der Waals surface area contributed by atoms with Crippen LogP contribution in [-0.4, -0.2) is 23.0 Å². The number of nitrogens with zero attached hydrogens (tertiary/aromatic N) is 2. The molecule has 18 heavy (non-hydrogen) atoms. The molecule has 0 unspecified atom stereocenters. The van der Waals surface area contributed by atoms with Gasteiger partial charge in [-0.3, -0.25) is 0 Å². The molecule has 2 aromatic rings. The van der Waals surface area contributed by atoms with E-state index in [2.05, 4.69) is 9.97 Å². The molecule has 0 aliphatic rings. The Morgan fingerprint density at radius 3 is 3.00 bits per heavy atom. The molecular weight excluding hydrogens is 230 g/mol. The first-order chi connectivity index (χ1) is 8.67. The fourth-order valence-electron chi connectivity index (χ4n) is 1.77. The molecule has 0 spiro atoms. The van der Waals surface area contributed by atoms with Crippen LogP contribution in [0.15, 0.2) is 24.4 Å². The van der Waals surface area contributed by atoms with Crippen LogP contribution in [0, 0.1) is 18.3 Å². The average molecular weight is 241 g/mol.